The van der Waals surface area contributed by atoms with Gasteiger partial charge in [-0.2, -0.15) is 0 Å². The van der Waals surface area contributed by atoms with E-state index in [1.807, 2.05) is 9.80 Å². The van der Waals surface area contributed by atoms with Gasteiger partial charge in [0.05, 0.1) is 18.8 Å². The highest BCUT2D eigenvalue weighted by Gasteiger charge is 2.26. The van der Waals surface area contributed by atoms with Gasteiger partial charge >= 0.3 is 6.03 Å². The average Bonchev–Trinajstić information content (AvgIpc) is 2.88. The van der Waals surface area contributed by atoms with Crippen molar-refractivity contribution in [2.75, 3.05) is 52.5 Å². The summed E-state index contributed by atoms with van der Waals surface area (Å²) in [5, 5.41) is 0. The van der Waals surface area contributed by atoms with E-state index in [9.17, 15) is 9.59 Å². The lowest BCUT2D eigenvalue weighted by molar-refractivity contribution is 0.0435. The summed E-state index contributed by atoms with van der Waals surface area (Å²) in [5.41, 5.74) is 0.487. The zero-order valence-corrected chi connectivity index (χ0v) is 13.1. The molecule has 0 atom stereocenters. The molecule has 1 aromatic heterocycles. The van der Waals surface area contributed by atoms with Crippen molar-refractivity contribution in [1.29, 1.82) is 0 Å². The van der Waals surface area contributed by atoms with Crippen molar-refractivity contribution < 1.29 is 14.3 Å². The molecular weight excluding hydrogens is 298 g/mol. The number of rotatable bonds is 1. The van der Waals surface area contributed by atoms with Crippen LogP contribution in [0.25, 0.3) is 0 Å². The lowest BCUT2D eigenvalue weighted by atomic mass is 10.3. The number of hydrogen-bond acceptors (Lipinski definition) is 5. The standard InChI is InChI=1S/C15H21N5O3/c21-14(13-10-16-12-17-11-13)18-2-1-3-19(5-4-18)15(22)20-6-8-23-9-7-20/h10-12H,1-9H2. The number of aromatic nitrogens is 2. The molecular formula is C15H21N5O3. The van der Waals surface area contributed by atoms with Gasteiger partial charge in [-0.25, -0.2) is 14.8 Å². The molecule has 23 heavy (non-hydrogen) atoms. The minimum atomic E-state index is -0.0775. The summed E-state index contributed by atoms with van der Waals surface area (Å²) in [6.45, 7) is 4.86. The van der Waals surface area contributed by atoms with E-state index in [-0.39, 0.29) is 11.9 Å². The van der Waals surface area contributed by atoms with Crippen LogP contribution in [0.1, 0.15) is 16.8 Å². The largest absolute Gasteiger partial charge is 0.378 e. The molecule has 0 N–H and O–H groups in total. The molecule has 0 unspecified atom stereocenters. The summed E-state index contributed by atoms with van der Waals surface area (Å²) in [6, 6.07) is 0.0469. The van der Waals surface area contributed by atoms with E-state index >= 15 is 0 Å². The molecule has 3 rings (SSSR count). The number of nitrogens with zero attached hydrogens (tertiary/aromatic N) is 5. The molecule has 2 aliphatic rings. The summed E-state index contributed by atoms with van der Waals surface area (Å²) >= 11 is 0. The van der Waals surface area contributed by atoms with Gasteiger partial charge in [-0.1, -0.05) is 0 Å². The molecule has 0 radical (unpaired) electrons. The maximum atomic E-state index is 12.5. The van der Waals surface area contributed by atoms with Crippen molar-refractivity contribution in [3.8, 4) is 0 Å². The minimum Gasteiger partial charge on any atom is -0.378 e. The summed E-state index contributed by atoms with van der Waals surface area (Å²) in [7, 11) is 0. The molecule has 0 bridgehead atoms. The SMILES string of the molecule is O=C(c1cncnc1)N1CCCN(C(=O)N2CCOCC2)CC1. The Labute approximate surface area is 135 Å². The van der Waals surface area contributed by atoms with Crippen LogP contribution in [0.4, 0.5) is 4.79 Å². The van der Waals surface area contributed by atoms with Crippen molar-refractivity contribution in [3.63, 3.8) is 0 Å². The molecule has 1 aromatic rings. The number of morpholine rings is 1. The van der Waals surface area contributed by atoms with Crippen molar-refractivity contribution >= 4 is 11.9 Å². The fraction of sp³-hybridized carbons (Fsp3) is 0.600. The van der Waals surface area contributed by atoms with Gasteiger partial charge in [0.15, 0.2) is 0 Å². The Morgan fingerprint density at radius 1 is 0.870 bits per heavy atom. The van der Waals surface area contributed by atoms with Crippen LogP contribution < -0.4 is 0 Å². The predicted octanol–water partition coefficient (Wildman–Crippen LogP) is 0.0767. The maximum absolute atomic E-state index is 12.5. The Morgan fingerprint density at radius 2 is 1.48 bits per heavy atom. The van der Waals surface area contributed by atoms with Gasteiger partial charge < -0.3 is 19.4 Å². The molecule has 0 saturated carbocycles. The van der Waals surface area contributed by atoms with Gasteiger partial charge in [0, 0.05) is 51.7 Å². The normalized spacial score (nSPS) is 19.4. The summed E-state index contributed by atoms with van der Waals surface area (Å²) in [5.74, 6) is -0.0775. The first-order valence-corrected chi connectivity index (χ1v) is 7.91. The second-order valence-corrected chi connectivity index (χ2v) is 5.64. The molecule has 3 amide bonds. The van der Waals surface area contributed by atoms with E-state index < -0.39 is 0 Å². The van der Waals surface area contributed by atoms with Crippen LogP contribution in [0, 0.1) is 0 Å². The highest BCUT2D eigenvalue weighted by atomic mass is 16.5. The second-order valence-electron chi connectivity index (χ2n) is 5.64. The van der Waals surface area contributed by atoms with Crippen LogP contribution in [0.3, 0.4) is 0 Å². The Morgan fingerprint density at radius 3 is 2.22 bits per heavy atom. The lowest BCUT2D eigenvalue weighted by Crippen LogP contribution is -2.49. The summed E-state index contributed by atoms with van der Waals surface area (Å²) in [6.07, 6.45) is 5.23. The average molecular weight is 319 g/mol. The van der Waals surface area contributed by atoms with Crippen molar-refractivity contribution in [2.24, 2.45) is 0 Å². The first-order chi connectivity index (χ1) is 11.3. The molecule has 8 heteroatoms. The van der Waals surface area contributed by atoms with Crippen LogP contribution >= 0.6 is 0 Å². The van der Waals surface area contributed by atoms with Crippen molar-refractivity contribution in [3.05, 3.63) is 24.3 Å². The van der Waals surface area contributed by atoms with Crippen LogP contribution in [0.5, 0.6) is 0 Å². The third-order valence-electron chi connectivity index (χ3n) is 4.14. The Kier molecular flexibility index (Phi) is 5.02. The topological polar surface area (TPSA) is 78.9 Å². The molecule has 0 aromatic carbocycles. The first-order valence-electron chi connectivity index (χ1n) is 7.91. The van der Waals surface area contributed by atoms with Crippen LogP contribution in [-0.2, 0) is 4.74 Å². The van der Waals surface area contributed by atoms with Crippen molar-refractivity contribution in [2.45, 2.75) is 6.42 Å². The van der Waals surface area contributed by atoms with Gasteiger partial charge in [-0.15, -0.1) is 0 Å². The fourth-order valence-corrected chi connectivity index (χ4v) is 2.86. The first kappa shape index (κ1) is 15.7. The Balaban J connectivity index is 1.58. The van der Waals surface area contributed by atoms with E-state index in [1.54, 1.807) is 4.90 Å². The van der Waals surface area contributed by atoms with Crippen LogP contribution in [0.2, 0.25) is 0 Å². The molecule has 2 aliphatic heterocycles. The monoisotopic (exact) mass is 319 g/mol. The van der Waals surface area contributed by atoms with Crippen LogP contribution in [-0.4, -0.2) is 89.1 Å². The minimum absolute atomic E-state index is 0.0469. The van der Waals surface area contributed by atoms with E-state index in [4.69, 9.17) is 4.74 Å². The summed E-state index contributed by atoms with van der Waals surface area (Å²) in [4.78, 5) is 38.2. The highest BCUT2D eigenvalue weighted by molar-refractivity contribution is 5.93. The van der Waals surface area contributed by atoms with E-state index in [1.165, 1.54) is 18.7 Å². The number of hydrogen-bond donors (Lipinski definition) is 0. The zero-order valence-electron chi connectivity index (χ0n) is 13.1. The van der Waals surface area contributed by atoms with Gasteiger partial charge in [-0.05, 0) is 6.42 Å². The van der Waals surface area contributed by atoms with Gasteiger partial charge in [0.25, 0.3) is 5.91 Å². The van der Waals surface area contributed by atoms with Crippen LogP contribution in [0.15, 0.2) is 18.7 Å². The molecule has 0 aliphatic carbocycles. The molecule has 2 saturated heterocycles. The Bertz CT molecular complexity index is 547. The van der Waals surface area contributed by atoms with E-state index in [0.717, 1.165) is 6.42 Å². The molecule has 124 valence electrons. The Hall–Kier alpha value is -2.22. The molecule has 8 nitrogen and oxygen atoms in total. The smallest absolute Gasteiger partial charge is 0.320 e. The third kappa shape index (κ3) is 3.76. The van der Waals surface area contributed by atoms with Gasteiger partial charge in [0.2, 0.25) is 0 Å². The quantitative estimate of drug-likeness (QED) is 0.732. The maximum Gasteiger partial charge on any atom is 0.320 e. The molecule has 3 heterocycles. The number of carbonyl (C=O) groups is 2. The number of carbonyl (C=O) groups excluding carboxylic acids is 2. The van der Waals surface area contributed by atoms with E-state index in [0.29, 0.717) is 58.0 Å². The zero-order chi connectivity index (χ0) is 16.1. The lowest BCUT2D eigenvalue weighted by Gasteiger charge is -2.32. The third-order valence-corrected chi connectivity index (χ3v) is 4.14. The number of ether oxygens (including phenoxy) is 1. The van der Waals surface area contributed by atoms with Gasteiger partial charge in [-0.3, -0.25) is 4.79 Å². The van der Waals surface area contributed by atoms with Gasteiger partial charge in [0.1, 0.15) is 6.33 Å². The molecule has 0 spiro atoms. The van der Waals surface area contributed by atoms with E-state index in [2.05, 4.69) is 9.97 Å². The fourth-order valence-electron chi connectivity index (χ4n) is 2.86. The molecule has 2 fully saturated rings. The highest BCUT2D eigenvalue weighted by Crippen LogP contribution is 2.11. The predicted molar refractivity (Wildman–Crippen MR) is 81.9 cm³/mol. The number of amides is 3. The second kappa shape index (κ2) is 7.36. The van der Waals surface area contributed by atoms with Crippen molar-refractivity contribution in [1.82, 2.24) is 24.7 Å². The number of urea groups is 1. The summed E-state index contributed by atoms with van der Waals surface area (Å²) < 4.78 is 5.28.